The fourth-order valence-electron chi connectivity index (χ4n) is 3.75. The third-order valence-electron chi connectivity index (χ3n) is 5.15. The van der Waals surface area contributed by atoms with Crippen LogP contribution in [0.4, 0.5) is 0 Å². The second kappa shape index (κ2) is 4.34. The van der Waals surface area contributed by atoms with Gasteiger partial charge in [-0.05, 0) is 47.5 Å². The maximum atomic E-state index is 13.0. The highest BCUT2D eigenvalue weighted by Gasteiger charge is 2.47. The summed E-state index contributed by atoms with van der Waals surface area (Å²) in [5, 5.41) is 0. The van der Waals surface area contributed by atoms with E-state index in [0.29, 0.717) is 0 Å². The summed E-state index contributed by atoms with van der Waals surface area (Å²) >= 11 is 0. The van der Waals surface area contributed by atoms with Crippen LogP contribution in [0.3, 0.4) is 0 Å². The SMILES string of the molecule is CC(C)(C)C1=CC23CCc4cccc(c4O2)CCC(=C1)C3=O. The zero-order valence-electron chi connectivity index (χ0n) is 13.5. The lowest BCUT2D eigenvalue weighted by atomic mass is 9.71. The molecule has 0 fully saturated rings. The molecule has 2 aliphatic heterocycles. The number of aryl methyl sites for hydroxylation is 2. The first-order chi connectivity index (χ1) is 10.4. The molecule has 22 heavy (non-hydrogen) atoms. The van der Waals surface area contributed by atoms with Gasteiger partial charge in [-0.1, -0.05) is 45.0 Å². The van der Waals surface area contributed by atoms with Crippen LogP contribution in [0, 0.1) is 5.41 Å². The maximum absolute atomic E-state index is 13.0. The van der Waals surface area contributed by atoms with Crippen molar-refractivity contribution in [2.24, 2.45) is 5.41 Å². The number of fused-ring (bicyclic) bond motifs is 1. The summed E-state index contributed by atoms with van der Waals surface area (Å²) in [6.07, 6.45) is 7.57. The third kappa shape index (κ3) is 1.89. The summed E-state index contributed by atoms with van der Waals surface area (Å²) in [6.45, 7) is 6.60. The minimum Gasteiger partial charge on any atom is -0.474 e. The molecule has 2 nitrogen and oxygen atoms in total. The van der Waals surface area contributed by atoms with Gasteiger partial charge in [0.05, 0.1) is 0 Å². The highest BCUT2D eigenvalue weighted by molar-refractivity contribution is 6.06. The number of ketones is 1. The van der Waals surface area contributed by atoms with E-state index >= 15 is 0 Å². The molecule has 2 heteroatoms. The Morgan fingerprint density at radius 1 is 1.09 bits per heavy atom. The quantitative estimate of drug-likeness (QED) is 0.717. The monoisotopic (exact) mass is 294 g/mol. The van der Waals surface area contributed by atoms with E-state index in [1.54, 1.807) is 0 Å². The average molecular weight is 294 g/mol. The first-order valence-corrected chi connectivity index (χ1v) is 8.18. The molecule has 1 aromatic carbocycles. The Kier molecular flexibility index (Phi) is 2.73. The van der Waals surface area contributed by atoms with Gasteiger partial charge in [-0.2, -0.15) is 0 Å². The molecule has 0 radical (unpaired) electrons. The first kappa shape index (κ1) is 13.8. The topological polar surface area (TPSA) is 26.3 Å². The Morgan fingerprint density at radius 2 is 1.82 bits per heavy atom. The van der Waals surface area contributed by atoms with Crippen LogP contribution < -0.4 is 4.74 Å². The van der Waals surface area contributed by atoms with Crippen molar-refractivity contribution in [3.63, 3.8) is 0 Å². The van der Waals surface area contributed by atoms with E-state index in [-0.39, 0.29) is 11.2 Å². The number of benzene rings is 1. The minimum atomic E-state index is -0.768. The van der Waals surface area contributed by atoms with Crippen LogP contribution in [-0.4, -0.2) is 11.4 Å². The minimum absolute atomic E-state index is 0.0291. The van der Waals surface area contributed by atoms with Gasteiger partial charge in [-0.15, -0.1) is 0 Å². The van der Waals surface area contributed by atoms with Gasteiger partial charge in [-0.25, -0.2) is 0 Å². The van der Waals surface area contributed by atoms with Crippen LogP contribution in [0.5, 0.6) is 5.75 Å². The number of hydrogen-bond acceptors (Lipinski definition) is 2. The molecule has 0 saturated heterocycles. The van der Waals surface area contributed by atoms with Crippen molar-refractivity contribution >= 4 is 5.78 Å². The Morgan fingerprint density at radius 3 is 2.55 bits per heavy atom. The fraction of sp³-hybridized carbons (Fsp3) is 0.450. The smallest absolute Gasteiger partial charge is 0.206 e. The molecule has 114 valence electrons. The van der Waals surface area contributed by atoms with Crippen LogP contribution in [0.25, 0.3) is 0 Å². The number of ether oxygens (including phenoxy) is 1. The summed E-state index contributed by atoms with van der Waals surface area (Å²) in [5.74, 6) is 1.15. The summed E-state index contributed by atoms with van der Waals surface area (Å²) in [4.78, 5) is 13.0. The number of rotatable bonds is 0. The van der Waals surface area contributed by atoms with Crippen molar-refractivity contribution in [1.82, 2.24) is 0 Å². The summed E-state index contributed by atoms with van der Waals surface area (Å²) in [5.41, 5.74) is 3.92. The van der Waals surface area contributed by atoms with Crippen molar-refractivity contribution in [1.29, 1.82) is 0 Å². The standard InChI is InChI=1S/C20H22O2/c1-19(2,3)16-11-15-8-7-13-5-4-6-14-9-10-20(12-16,18(15)21)22-17(13)14/h4-6,11-12H,7-10H2,1-3H3. The highest BCUT2D eigenvalue weighted by Crippen LogP contribution is 2.45. The molecule has 1 aliphatic carbocycles. The number of Topliss-reactive ketones (excluding diaryl/α,β-unsaturated/α-hetero) is 1. The van der Waals surface area contributed by atoms with E-state index in [1.165, 1.54) is 16.7 Å². The van der Waals surface area contributed by atoms with E-state index in [1.807, 2.05) is 0 Å². The summed E-state index contributed by atoms with van der Waals surface area (Å²) < 4.78 is 6.38. The van der Waals surface area contributed by atoms with Crippen molar-refractivity contribution in [3.05, 3.63) is 52.6 Å². The Hall–Kier alpha value is -1.83. The number of hydrogen-bond donors (Lipinski definition) is 0. The summed E-state index contributed by atoms with van der Waals surface area (Å²) in [6, 6.07) is 6.38. The van der Waals surface area contributed by atoms with Crippen LogP contribution in [-0.2, 0) is 17.6 Å². The van der Waals surface area contributed by atoms with Crippen LogP contribution >= 0.6 is 0 Å². The number of carbonyl (C=O) groups is 1. The van der Waals surface area contributed by atoms with E-state index in [4.69, 9.17) is 4.74 Å². The molecule has 1 aromatic rings. The number of allylic oxidation sites excluding steroid dienone is 2. The number of carbonyl (C=O) groups excluding carboxylic acids is 1. The van der Waals surface area contributed by atoms with E-state index in [2.05, 4.69) is 51.1 Å². The molecule has 0 saturated carbocycles. The van der Waals surface area contributed by atoms with E-state index < -0.39 is 5.60 Å². The van der Waals surface area contributed by atoms with Gasteiger partial charge in [0.1, 0.15) is 5.75 Å². The predicted octanol–water partition coefficient (Wildman–Crippen LogP) is 4.18. The maximum Gasteiger partial charge on any atom is 0.206 e. The second-order valence-corrected chi connectivity index (χ2v) is 7.75. The van der Waals surface area contributed by atoms with Crippen molar-refractivity contribution < 1.29 is 9.53 Å². The molecule has 1 atom stereocenters. The Balaban J connectivity index is 1.93. The first-order valence-electron chi connectivity index (χ1n) is 8.18. The van der Waals surface area contributed by atoms with Crippen LogP contribution in [0.1, 0.15) is 44.7 Å². The molecule has 4 rings (SSSR count). The van der Waals surface area contributed by atoms with E-state index in [0.717, 1.165) is 37.0 Å². The third-order valence-corrected chi connectivity index (χ3v) is 5.15. The molecule has 0 N–H and O–H groups in total. The highest BCUT2D eigenvalue weighted by atomic mass is 16.5. The number of para-hydroxylation sites is 1. The lowest BCUT2D eigenvalue weighted by Crippen LogP contribution is -2.49. The van der Waals surface area contributed by atoms with Gasteiger partial charge in [0.15, 0.2) is 5.60 Å². The van der Waals surface area contributed by atoms with Crippen molar-refractivity contribution in [2.45, 2.75) is 52.1 Å². The van der Waals surface area contributed by atoms with E-state index in [9.17, 15) is 4.79 Å². The van der Waals surface area contributed by atoms with Gasteiger partial charge in [0, 0.05) is 12.0 Å². The predicted molar refractivity (Wildman–Crippen MR) is 87.1 cm³/mol. The lowest BCUT2D eigenvalue weighted by molar-refractivity contribution is -0.128. The molecule has 3 bridgehead atoms. The van der Waals surface area contributed by atoms with Gasteiger partial charge < -0.3 is 4.74 Å². The van der Waals surface area contributed by atoms with Gasteiger partial charge in [0.25, 0.3) is 0 Å². The molecule has 1 unspecified atom stereocenters. The van der Waals surface area contributed by atoms with Crippen molar-refractivity contribution in [2.75, 3.05) is 0 Å². The molecule has 3 aliphatic rings. The normalized spacial score (nSPS) is 26.4. The lowest BCUT2D eigenvalue weighted by Gasteiger charge is -2.42. The Labute approximate surface area is 131 Å². The second-order valence-electron chi connectivity index (χ2n) is 7.75. The molecule has 1 spiro atoms. The summed E-state index contributed by atoms with van der Waals surface area (Å²) in [7, 11) is 0. The molecule has 2 heterocycles. The van der Waals surface area contributed by atoms with Gasteiger partial charge in [-0.3, -0.25) is 4.79 Å². The largest absolute Gasteiger partial charge is 0.474 e. The Bertz CT molecular complexity index is 731. The molecule has 0 aromatic heterocycles. The zero-order chi connectivity index (χ0) is 15.5. The van der Waals surface area contributed by atoms with Gasteiger partial charge >= 0.3 is 0 Å². The van der Waals surface area contributed by atoms with Crippen LogP contribution in [0.2, 0.25) is 0 Å². The van der Waals surface area contributed by atoms with Crippen molar-refractivity contribution in [3.8, 4) is 5.75 Å². The molecular formula is C20H22O2. The molecular weight excluding hydrogens is 272 g/mol. The van der Waals surface area contributed by atoms with Crippen LogP contribution in [0.15, 0.2) is 41.5 Å². The fourth-order valence-corrected chi connectivity index (χ4v) is 3.75. The zero-order valence-corrected chi connectivity index (χ0v) is 13.5. The molecule has 0 amide bonds. The van der Waals surface area contributed by atoms with Gasteiger partial charge in [0.2, 0.25) is 5.78 Å². The average Bonchev–Trinajstić information content (AvgIpc) is 2.47.